The van der Waals surface area contributed by atoms with E-state index in [-0.39, 0.29) is 5.76 Å². The molecular weight excluding hydrogens is 292 g/mol. The molecule has 0 aliphatic carbocycles. The Morgan fingerprint density at radius 2 is 2.04 bits per heavy atom. The minimum Gasteiger partial charge on any atom is -0.503 e. The largest absolute Gasteiger partial charge is 0.503 e. The standard InChI is InChI=1S/C17H18N4O2/c1-4-20-11(3)15(10(2)19-20)17-9-14(22)16(23)21(17)13-8-6-5-7-12(13)18-17/h5-9,18,22H,4H2,1-3H3/t17-/m1/s1. The zero-order valence-electron chi connectivity index (χ0n) is 13.3. The van der Waals surface area contributed by atoms with Crippen LogP contribution in [0, 0.1) is 13.8 Å². The molecule has 1 amide bonds. The molecule has 0 bridgehead atoms. The second-order valence-electron chi connectivity index (χ2n) is 5.94. The van der Waals surface area contributed by atoms with Crippen LogP contribution in [0.2, 0.25) is 0 Å². The summed E-state index contributed by atoms with van der Waals surface area (Å²) in [6.45, 7) is 6.70. The van der Waals surface area contributed by atoms with Crippen LogP contribution >= 0.6 is 0 Å². The fourth-order valence-corrected chi connectivity index (χ4v) is 3.77. The van der Waals surface area contributed by atoms with Gasteiger partial charge in [-0.15, -0.1) is 0 Å². The highest BCUT2D eigenvalue weighted by Gasteiger charge is 2.54. The van der Waals surface area contributed by atoms with E-state index in [1.165, 1.54) is 0 Å². The van der Waals surface area contributed by atoms with E-state index in [1.807, 2.05) is 49.7 Å². The smallest absolute Gasteiger partial charge is 0.295 e. The number of aliphatic hydroxyl groups is 1. The third-order valence-electron chi connectivity index (χ3n) is 4.65. The van der Waals surface area contributed by atoms with Crippen LogP contribution in [0.1, 0.15) is 23.9 Å². The van der Waals surface area contributed by atoms with Crippen molar-refractivity contribution in [3.63, 3.8) is 0 Å². The summed E-state index contributed by atoms with van der Waals surface area (Å²) in [5.74, 6) is -0.638. The van der Waals surface area contributed by atoms with Gasteiger partial charge in [-0.25, -0.2) is 0 Å². The Morgan fingerprint density at radius 1 is 1.30 bits per heavy atom. The predicted molar refractivity (Wildman–Crippen MR) is 87.3 cm³/mol. The molecule has 2 aliphatic rings. The van der Waals surface area contributed by atoms with E-state index in [9.17, 15) is 9.90 Å². The molecule has 0 unspecified atom stereocenters. The van der Waals surface area contributed by atoms with Gasteiger partial charge in [-0.1, -0.05) is 12.1 Å². The minimum absolute atomic E-state index is 0.241. The molecule has 23 heavy (non-hydrogen) atoms. The number of fused-ring (bicyclic) bond motifs is 3. The Hall–Kier alpha value is -2.76. The molecule has 3 heterocycles. The van der Waals surface area contributed by atoms with Crippen molar-refractivity contribution in [3.05, 3.63) is 53.1 Å². The second kappa shape index (κ2) is 4.38. The Labute approximate surface area is 134 Å². The van der Waals surface area contributed by atoms with Crippen molar-refractivity contribution in [1.29, 1.82) is 0 Å². The average molecular weight is 310 g/mol. The number of anilines is 2. The summed E-state index contributed by atoms with van der Waals surface area (Å²) < 4.78 is 1.91. The van der Waals surface area contributed by atoms with E-state index in [0.717, 1.165) is 34.9 Å². The number of carbonyl (C=O) groups is 1. The molecule has 0 radical (unpaired) electrons. The number of hydrogen-bond acceptors (Lipinski definition) is 4. The number of amides is 1. The lowest BCUT2D eigenvalue weighted by molar-refractivity contribution is -0.117. The molecule has 2 aliphatic heterocycles. The molecule has 0 fully saturated rings. The molecule has 6 nitrogen and oxygen atoms in total. The first kappa shape index (κ1) is 13.9. The summed E-state index contributed by atoms with van der Waals surface area (Å²) in [7, 11) is 0. The lowest BCUT2D eigenvalue weighted by Gasteiger charge is -2.31. The maximum absolute atomic E-state index is 12.6. The molecule has 118 valence electrons. The molecule has 2 N–H and O–H groups in total. The summed E-state index contributed by atoms with van der Waals surface area (Å²) in [6, 6.07) is 7.62. The number of aliphatic hydroxyl groups excluding tert-OH is 1. The SMILES string of the molecule is CCn1nc(C)c([C@@]23C=C(O)C(=O)N2c2ccccc2N3)c1C. The molecule has 1 atom stereocenters. The predicted octanol–water partition coefficient (Wildman–Crippen LogP) is 2.59. The van der Waals surface area contributed by atoms with E-state index in [4.69, 9.17) is 0 Å². The topological polar surface area (TPSA) is 70.4 Å². The highest BCUT2D eigenvalue weighted by Crippen LogP contribution is 2.51. The maximum Gasteiger partial charge on any atom is 0.295 e. The van der Waals surface area contributed by atoms with Crippen LogP contribution in [-0.4, -0.2) is 20.8 Å². The number of benzene rings is 1. The van der Waals surface area contributed by atoms with Crippen molar-refractivity contribution in [3.8, 4) is 0 Å². The monoisotopic (exact) mass is 310 g/mol. The van der Waals surface area contributed by atoms with Crippen molar-refractivity contribution < 1.29 is 9.90 Å². The normalized spacial score (nSPS) is 22.0. The van der Waals surface area contributed by atoms with Gasteiger partial charge in [-0.3, -0.25) is 14.4 Å². The summed E-state index contributed by atoms with van der Waals surface area (Å²) in [5.41, 5.74) is 3.45. The van der Waals surface area contributed by atoms with Crippen molar-refractivity contribution in [2.45, 2.75) is 33.0 Å². The lowest BCUT2D eigenvalue weighted by Crippen LogP contribution is -2.46. The zero-order valence-corrected chi connectivity index (χ0v) is 13.3. The van der Waals surface area contributed by atoms with Crippen LogP contribution in [-0.2, 0) is 17.0 Å². The van der Waals surface area contributed by atoms with E-state index in [2.05, 4.69) is 10.4 Å². The number of rotatable bonds is 2. The summed E-state index contributed by atoms with van der Waals surface area (Å²) >= 11 is 0. The van der Waals surface area contributed by atoms with Crippen LogP contribution in [0.5, 0.6) is 0 Å². The van der Waals surface area contributed by atoms with Gasteiger partial charge in [0.1, 0.15) is 0 Å². The van der Waals surface area contributed by atoms with Crippen LogP contribution in [0.4, 0.5) is 11.4 Å². The number of nitrogens with one attached hydrogen (secondary N) is 1. The molecule has 1 aromatic heterocycles. The molecule has 0 spiro atoms. The lowest BCUT2D eigenvalue weighted by atomic mass is 9.97. The quantitative estimate of drug-likeness (QED) is 0.894. The molecule has 6 heteroatoms. The first-order valence-electron chi connectivity index (χ1n) is 7.67. The summed E-state index contributed by atoms with van der Waals surface area (Å²) in [6.07, 6.45) is 1.59. The van der Waals surface area contributed by atoms with Gasteiger partial charge < -0.3 is 10.4 Å². The highest BCUT2D eigenvalue weighted by atomic mass is 16.3. The third kappa shape index (κ3) is 1.58. The number of aromatic nitrogens is 2. The van der Waals surface area contributed by atoms with Crippen LogP contribution in [0.25, 0.3) is 0 Å². The molecule has 4 rings (SSSR count). The van der Waals surface area contributed by atoms with Crippen LogP contribution < -0.4 is 10.2 Å². The number of aryl methyl sites for hydroxylation is 2. The molecular formula is C17H18N4O2. The van der Waals surface area contributed by atoms with Gasteiger partial charge in [-0.2, -0.15) is 5.10 Å². The van der Waals surface area contributed by atoms with Crippen LogP contribution in [0.15, 0.2) is 36.1 Å². The highest BCUT2D eigenvalue weighted by molar-refractivity contribution is 6.13. The summed E-state index contributed by atoms with van der Waals surface area (Å²) in [5, 5.41) is 18.1. The first-order chi connectivity index (χ1) is 11.0. The molecule has 1 aromatic carbocycles. The summed E-state index contributed by atoms with van der Waals surface area (Å²) in [4.78, 5) is 14.2. The minimum atomic E-state index is -0.910. The first-order valence-corrected chi connectivity index (χ1v) is 7.67. The second-order valence-corrected chi connectivity index (χ2v) is 5.94. The number of nitrogens with zero attached hydrogens (tertiary/aromatic N) is 3. The van der Waals surface area contributed by atoms with Crippen molar-refractivity contribution in [2.24, 2.45) is 0 Å². The van der Waals surface area contributed by atoms with E-state index < -0.39 is 11.6 Å². The fraction of sp³-hybridized carbons (Fsp3) is 0.294. The molecule has 0 saturated heterocycles. The van der Waals surface area contributed by atoms with Gasteiger partial charge >= 0.3 is 0 Å². The zero-order chi connectivity index (χ0) is 16.4. The van der Waals surface area contributed by atoms with E-state index in [1.54, 1.807) is 11.0 Å². The third-order valence-corrected chi connectivity index (χ3v) is 4.65. The maximum atomic E-state index is 12.6. The Bertz CT molecular complexity index is 867. The van der Waals surface area contributed by atoms with Gasteiger partial charge in [0.05, 0.1) is 17.1 Å². The Kier molecular flexibility index (Phi) is 2.64. The number of hydrogen-bond donors (Lipinski definition) is 2. The average Bonchev–Trinajstić information content (AvgIpc) is 3.08. The Morgan fingerprint density at radius 3 is 2.74 bits per heavy atom. The van der Waals surface area contributed by atoms with E-state index in [0.29, 0.717) is 0 Å². The Balaban J connectivity index is 2.00. The molecule has 2 aromatic rings. The van der Waals surface area contributed by atoms with Crippen LogP contribution in [0.3, 0.4) is 0 Å². The van der Waals surface area contributed by atoms with Gasteiger partial charge in [0.15, 0.2) is 11.4 Å². The van der Waals surface area contributed by atoms with Gasteiger partial charge in [0.2, 0.25) is 0 Å². The van der Waals surface area contributed by atoms with Gasteiger partial charge in [-0.05, 0) is 32.9 Å². The van der Waals surface area contributed by atoms with Crippen molar-refractivity contribution >= 4 is 17.3 Å². The fourth-order valence-electron chi connectivity index (χ4n) is 3.77. The van der Waals surface area contributed by atoms with Gasteiger partial charge in [0.25, 0.3) is 5.91 Å². The van der Waals surface area contributed by atoms with Crippen molar-refractivity contribution in [2.75, 3.05) is 10.2 Å². The van der Waals surface area contributed by atoms with Gasteiger partial charge in [0, 0.05) is 23.9 Å². The number of carbonyl (C=O) groups excluding carboxylic acids is 1. The number of para-hydroxylation sites is 2. The van der Waals surface area contributed by atoms with E-state index >= 15 is 0 Å². The molecule has 0 saturated carbocycles. The van der Waals surface area contributed by atoms with Crippen molar-refractivity contribution in [1.82, 2.24) is 9.78 Å².